The topological polar surface area (TPSA) is 74.0 Å². The van der Waals surface area contributed by atoms with E-state index in [-0.39, 0.29) is 40.4 Å². The molecule has 0 fully saturated rings. The molecule has 26 heavy (non-hydrogen) atoms. The fourth-order valence-electron chi connectivity index (χ4n) is 2.27. The number of methoxy groups -OCH3 is 1. The second-order valence-corrected chi connectivity index (χ2v) is 6.15. The van der Waals surface area contributed by atoms with Crippen LogP contribution in [0.3, 0.4) is 0 Å². The number of amides is 1. The standard InChI is InChI=1S/C16H14Cl2FN5O2/c1-26-9-23-6-5-14(21-23)16(25)20-15-12(18)8-24(22-15)7-10-11(17)3-2-4-13(10)19/h2-6,8H,7,9H2,1H3,(H,20,22,25). The number of carbonyl (C=O) groups excluding carboxylic acids is 1. The summed E-state index contributed by atoms with van der Waals surface area (Å²) in [5.41, 5.74) is 0.467. The Hall–Kier alpha value is -2.42. The molecule has 0 saturated heterocycles. The fraction of sp³-hybridized carbons (Fsp3) is 0.188. The largest absolute Gasteiger partial charge is 0.362 e. The van der Waals surface area contributed by atoms with Crippen molar-refractivity contribution in [3.05, 3.63) is 63.8 Å². The van der Waals surface area contributed by atoms with E-state index < -0.39 is 11.7 Å². The number of nitrogens with zero attached hydrogens (tertiary/aromatic N) is 4. The number of nitrogens with one attached hydrogen (secondary N) is 1. The number of hydrogen-bond donors (Lipinski definition) is 1. The van der Waals surface area contributed by atoms with E-state index in [1.54, 1.807) is 18.3 Å². The van der Waals surface area contributed by atoms with Crippen molar-refractivity contribution in [1.82, 2.24) is 19.6 Å². The summed E-state index contributed by atoms with van der Waals surface area (Å²) in [7, 11) is 1.52. The monoisotopic (exact) mass is 397 g/mol. The predicted molar refractivity (Wildman–Crippen MR) is 94.9 cm³/mol. The van der Waals surface area contributed by atoms with E-state index in [9.17, 15) is 9.18 Å². The van der Waals surface area contributed by atoms with Gasteiger partial charge in [-0.2, -0.15) is 10.2 Å². The summed E-state index contributed by atoms with van der Waals surface area (Å²) in [6.45, 7) is 0.301. The molecule has 136 valence electrons. The van der Waals surface area contributed by atoms with Crippen LogP contribution in [0.25, 0.3) is 0 Å². The Kier molecular flexibility index (Phi) is 5.55. The molecule has 0 aliphatic heterocycles. The summed E-state index contributed by atoms with van der Waals surface area (Å²) in [4.78, 5) is 12.2. The maximum Gasteiger partial charge on any atom is 0.277 e. The molecular weight excluding hydrogens is 384 g/mol. The average molecular weight is 398 g/mol. The molecule has 7 nitrogen and oxygen atoms in total. The normalized spacial score (nSPS) is 10.9. The van der Waals surface area contributed by atoms with E-state index in [4.69, 9.17) is 27.9 Å². The first kappa shape index (κ1) is 18.4. The van der Waals surface area contributed by atoms with Gasteiger partial charge in [0.1, 0.15) is 17.6 Å². The lowest BCUT2D eigenvalue weighted by molar-refractivity contribution is 0.101. The molecule has 0 bridgehead atoms. The molecule has 2 heterocycles. The van der Waals surface area contributed by atoms with Gasteiger partial charge in [0, 0.05) is 30.1 Å². The second kappa shape index (κ2) is 7.86. The minimum absolute atomic E-state index is 0.0730. The molecule has 0 unspecified atom stereocenters. The van der Waals surface area contributed by atoms with Crippen molar-refractivity contribution in [3.63, 3.8) is 0 Å². The van der Waals surface area contributed by atoms with E-state index in [0.717, 1.165) is 0 Å². The Labute approximate surface area is 158 Å². The zero-order valence-corrected chi connectivity index (χ0v) is 15.1. The minimum atomic E-state index is -0.476. The summed E-state index contributed by atoms with van der Waals surface area (Å²) in [6.07, 6.45) is 3.09. The lowest BCUT2D eigenvalue weighted by Gasteiger charge is -2.05. The molecule has 0 radical (unpaired) electrons. The van der Waals surface area contributed by atoms with Gasteiger partial charge in [-0.15, -0.1) is 0 Å². The Bertz CT molecular complexity index is 920. The highest BCUT2D eigenvalue weighted by molar-refractivity contribution is 6.33. The molecule has 2 aromatic heterocycles. The molecular formula is C16H14Cl2FN5O2. The van der Waals surface area contributed by atoms with Gasteiger partial charge in [0.2, 0.25) is 0 Å². The molecule has 1 N–H and O–H groups in total. The number of benzene rings is 1. The zero-order valence-electron chi connectivity index (χ0n) is 13.6. The number of ether oxygens (including phenoxy) is 1. The van der Waals surface area contributed by atoms with Crippen molar-refractivity contribution in [3.8, 4) is 0 Å². The van der Waals surface area contributed by atoms with Crippen LogP contribution in [-0.4, -0.2) is 32.6 Å². The zero-order chi connectivity index (χ0) is 18.7. The first-order chi connectivity index (χ1) is 12.5. The van der Waals surface area contributed by atoms with Crippen LogP contribution in [0.15, 0.2) is 36.7 Å². The van der Waals surface area contributed by atoms with Crippen LogP contribution in [0.5, 0.6) is 0 Å². The Balaban J connectivity index is 1.74. The van der Waals surface area contributed by atoms with Crippen LogP contribution in [0, 0.1) is 5.82 Å². The van der Waals surface area contributed by atoms with Crippen molar-refractivity contribution < 1.29 is 13.9 Å². The van der Waals surface area contributed by atoms with Crippen molar-refractivity contribution in [2.75, 3.05) is 12.4 Å². The third-order valence-electron chi connectivity index (χ3n) is 3.47. The van der Waals surface area contributed by atoms with Gasteiger partial charge in [0.25, 0.3) is 5.91 Å². The summed E-state index contributed by atoms with van der Waals surface area (Å²) in [5, 5.41) is 11.3. The highest BCUT2D eigenvalue weighted by Gasteiger charge is 2.16. The van der Waals surface area contributed by atoms with Crippen molar-refractivity contribution in [1.29, 1.82) is 0 Å². The molecule has 0 atom stereocenters. The van der Waals surface area contributed by atoms with E-state index in [2.05, 4.69) is 15.5 Å². The van der Waals surface area contributed by atoms with E-state index in [1.165, 1.54) is 34.8 Å². The van der Waals surface area contributed by atoms with Crippen LogP contribution in [0.2, 0.25) is 10.0 Å². The van der Waals surface area contributed by atoms with E-state index >= 15 is 0 Å². The molecule has 0 saturated carbocycles. The highest BCUT2D eigenvalue weighted by Crippen LogP contribution is 2.24. The SMILES string of the molecule is COCn1ccc(C(=O)Nc2nn(Cc3c(F)cccc3Cl)cc2Cl)n1. The van der Waals surface area contributed by atoms with Crippen LogP contribution >= 0.6 is 23.2 Å². The smallest absolute Gasteiger partial charge is 0.277 e. The number of rotatable bonds is 6. The van der Waals surface area contributed by atoms with Crippen LogP contribution in [-0.2, 0) is 18.0 Å². The van der Waals surface area contributed by atoms with E-state index in [1.807, 2.05) is 0 Å². The third-order valence-corrected chi connectivity index (χ3v) is 4.10. The minimum Gasteiger partial charge on any atom is -0.362 e. The molecule has 0 spiro atoms. The fourth-order valence-corrected chi connectivity index (χ4v) is 2.69. The second-order valence-electron chi connectivity index (χ2n) is 5.34. The molecule has 3 rings (SSSR count). The Morgan fingerprint density at radius 2 is 2.04 bits per heavy atom. The summed E-state index contributed by atoms with van der Waals surface area (Å²) in [5.74, 6) is -0.778. The average Bonchev–Trinajstić information content (AvgIpc) is 3.19. The quantitative estimate of drug-likeness (QED) is 0.691. The number of anilines is 1. The van der Waals surface area contributed by atoms with Crippen molar-refractivity contribution in [2.45, 2.75) is 13.3 Å². The summed E-state index contributed by atoms with van der Waals surface area (Å²) >= 11 is 12.1. The van der Waals surface area contributed by atoms with Gasteiger partial charge in [-0.3, -0.25) is 9.48 Å². The maximum absolute atomic E-state index is 13.9. The molecule has 1 amide bonds. The molecule has 0 aliphatic carbocycles. The van der Waals surface area contributed by atoms with Crippen molar-refractivity contribution in [2.24, 2.45) is 0 Å². The van der Waals surface area contributed by atoms with Crippen LogP contribution < -0.4 is 5.32 Å². The molecule has 0 aliphatic rings. The maximum atomic E-state index is 13.9. The van der Waals surface area contributed by atoms with Gasteiger partial charge >= 0.3 is 0 Å². The molecule has 3 aromatic rings. The van der Waals surface area contributed by atoms with Gasteiger partial charge in [-0.1, -0.05) is 29.3 Å². The van der Waals surface area contributed by atoms with Crippen LogP contribution in [0.1, 0.15) is 16.1 Å². The first-order valence-corrected chi connectivity index (χ1v) is 8.23. The lowest BCUT2D eigenvalue weighted by Crippen LogP contribution is -2.15. The van der Waals surface area contributed by atoms with Gasteiger partial charge in [0.05, 0.1) is 6.54 Å². The number of halogens is 3. The summed E-state index contributed by atoms with van der Waals surface area (Å²) in [6, 6.07) is 5.96. The number of aromatic nitrogens is 4. The predicted octanol–water partition coefficient (Wildman–Crippen LogP) is 3.43. The Morgan fingerprint density at radius 1 is 1.23 bits per heavy atom. The molecule has 10 heteroatoms. The van der Waals surface area contributed by atoms with Crippen LogP contribution in [0.4, 0.5) is 10.2 Å². The Morgan fingerprint density at radius 3 is 2.77 bits per heavy atom. The number of hydrogen-bond acceptors (Lipinski definition) is 4. The first-order valence-electron chi connectivity index (χ1n) is 7.47. The van der Waals surface area contributed by atoms with Gasteiger partial charge in [-0.25, -0.2) is 9.07 Å². The molecule has 1 aromatic carbocycles. The van der Waals surface area contributed by atoms with Gasteiger partial charge in [-0.05, 0) is 18.2 Å². The lowest BCUT2D eigenvalue weighted by atomic mass is 10.2. The highest BCUT2D eigenvalue weighted by atomic mass is 35.5. The van der Waals surface area contributed by atoms with Crippen molar-refractivity contribution >= 4 is 34.9 Å². The van der Waals surface area contributed by atoms with Gasteiger partial charge < -0.3 is 10.1 Å². The third kappa shape index (κ3) is 4.04. The summed E-state index contributed by atoms with van der Waals surface area (Å²) < 4.78 is 21.7. The van der Waals surface area contributed by atoms with Gasteiger partial charge in [0.15, 0.2) is 11.5 Å². The van der Waals surface area contributed by atoms with E-state index in [0.29, 0.717) is 0 Å². The number of carbonyl (C=O) groups is 1.